The van der Waals surface area contributed by atoms with Gasteiger partial charge in [0.15, 0.2) is 24.1 Å². The second-order valence-electron chi connectivity index (χ2n) is 4.67. The maximum absolute atomic E-state index is 10.7. The highest BCUT2D eigenvalue weighted by Crippen LogP contribution is 2.29. The fourth-order valence-electron chi connectivity index (χ4n) is 2.19. The van der Waals surface area contributed by atoms with Crippen LogP contribution in [0.4, 0.5) is 0 Å². The van der Waals surface area contributed by atoms with E-state index in [9.17, 15) is 4.79 Å². The van der Waals surface area contributed by atoms with Crippen molar-refractivity contribution in [3.8, 4) is 11.3 Å². The number of rotatable bonds is 3. The number of fused-ring (bicyclic) bond motifs is 1. The molecule has 3 aromatic rings. The third-order valence-corrected chi connectivity index (χ3v) is 3.52. The first-order valence-corrected chi connectivity index (χ1v) is 6.92. The molecule has 1 aromatic carbocycles. The van der Waals surface area contributed by atoms with E-state index >= 15 is 0 Å². The molecule has 0 saturated carbocycles. The number of hydrogen-bond acceptors (Lipinski definition) is 8. The summed E-state index contributed by atoms with van der Waals surface area (Å²) in [5.74, 6) is 0.361. The minimum absolute atomic E-state index is 0.361. The van der Waals surface area contributed by atoms with Gasteiger partial charge < -0.3 is 4.42 Å². The minimum Gasteiger partial charge on any atom is -0.442 e. The molecule has 9 heteroatoms. The van der Waals surface area contributed by atoms with E-state index in [0.29, 0.717) is 39.6 Å². The number of benzene rings is 1. The van der Waals surface area contributed by atoms with Crippen LogP contribution in [-0.4, -0.2) is 33.3 Å². The third kappa shape index (κ3) is 2.43. The fraction of sp³-hybridized carbons (Fsp3) is 0.0714. The smallest absolute Gasteiger partial charge is 0.232 e. The number of aliphatic imine (C=N–C) groups is 1. The van der Waals surface area contributed by atoms with Crippen LogP contribution in [0.1, 0.15) is 5.69 Å². The Balaban J connectivity index is 1.77. The first-order valence-electron chi connectivity index (χ1n) is 6.55. The Morgan fingerprint density at radius 3 is 2.87 bits per heavy atom. The van der Waals surface area contributed by atoms with Gasteiger partial charge in [-0.2, -0.15) is 0 Å². The monoisotopic (exact) mass is 329 g/mol. The molecule has 3 heterocycles. The van der Waals surface area contributed by atoms with Gasteiger partial charge in [0.2, 0.25) is 6.23 Å². The number of nitrogens with zero attached hydrogens (tertiary/aromatic N) is 4. The SMILES string of the molecule is O=CC1N=C(c2cc(-c3cc(Cl)c4ocnc4c3)ncn2)NO1. The number of carbonyl (C=O) groups is 1. The van der Waals surface area contributed by atoms with Gasteiger partial charge >= 0.3 is 0 Å². The summed E-state index contributed by atoms with van der Waals surface area (Å²) in [6.07, 6.45) is 2.44. The molecule has 0 saturated heterocycles. The molecule has 23 heavy (non-hydrogen) atoms. The van der Waals surface area contributed by atoms with Crippen molar-refractivity contribution in [1.29, 1.82) is 0 Å². The highest BCUT2D eigenvalue weighted by atomic mass is 35.5. The van der Waals surface area contributed by atoms with Gasteiger partial charge in [-0.05, 0) is 18.2 Å². The van der Waals surface area contributed by atoms with E-state index in [1.807, 2.05) is 6.07 Å². The fourth-order valence-corrected chi connectivity index (χ4v) is 2.45. The summed E-state index contributed by atoms with van der Waals surface area (Å²) >= 11 is 6.19. The van der Waals surface area contributed by atoms with Crippen LogP contribution in [0.15, 0.2) is 40.3 Å². The number of carbonyl (C=O) groups excluding carboxylic acids is 1. The lowest BCUT2D eigenvalue weighted by molar-refractivity contribution is -0.118. The standard InChI is InChI=1S/C14H8ClN5O3/c15-8-1-7(2-10-13(8)22-6-18-10)9-3-11(17-5-16-9)14-19-12(4-21)23-20-14/h1-6,12H,(H,19,20). The zero-order valence-corrected chi connectivity index (χ0v) is 12.2. The van der Waals surface area contributed by atoms with E-state index in [0.717, 1.165) is 5.56 Å². The van der Waals surface area contributed by atoms with Crippen LogP contribution < -0.4 is 5.48 Å². The second kappa shape index (κ2) is 5.41. The molecular formula is C14H8ClN5O3. The van der Waals surface area contributed by atoms with Crippen molar-refractivity contribution in [2.75, 3.05) is 0 Å². The van der Waals surface area contributed by atoms with E-state index in [-0.39, 0.29) is 0 Å². The van der Waals surface area contributed by atoms with Gasteiger partial charge in [-0.3, -0.25) is 4.79 Å². The Kier molecular flexibility index (Phi) is 3.25. The molecule has 2 aromatic heterocycles. The Labute approximate surface area is 134 Å². The van der Waals surface area contributed by atoms with Crippen molar-refractivity contribution >= 4 is 34.8 Å². The molecule has 1 unspecified atom stereocenters. The summed E-state index contributed by atoms with van der Waals surface area (Å²) in [6, 6.07) is 5.25. The topological polar surface area (TPSA) is 102 Å². The molecular weight excluding hydrogens is 322 g/mol. The molecule has 8 nitrogen and oxygen atoms in total. The Hall–Kier alpha value is -2.84. The lowest BCUT2D eigenvalue weighted by Crippen LogP contribution is -2.20. The summed E-state index contributed by atoms with van der Waals surface area (Å²) in [5.41, 5.74) is 5.60. The molecule has 114 valence electrons. The normalized spacial score (nSPS) is 17.1. The summed E-state index contributed by atoms with van der Waals surface area (Å²) < 4.78 is 5.21. The Morgan fingerprint density at radius 1 is 1.17 bits per heavy atom. The average molecular weight is 330 g/mol. The molecule has 1 aliphatic heterocycles. The van der Waals surface area contributed by atoms with Crippen molar-refractivity contribution in [2.24, 2.45) is 4.99 Å². The van der Waals surface area contributed by atoms with Crippen LogP contribution in [0.25, 0.3) is 22.4 Å². The van der Waals surface area contributed by atoms with Crippen molar-refractivity contribution in [2.45, 2.75) is 6.23 Å². The van der Waals surface area contributed by atoms with Gasteiger partial charge in [-0.15, -0.1) is 0 Å². The van der Waals surface area contributed by atoms with E-state index in [4.69, 9.17) is 20.9 Å². The molecule has 0 radical (unpaired) electrons. The third-order valence-electron chi connectivity index (χ3n) is 3.24. The summed E-state index contributed by atoms with van der Waals surface area (Å²) in [6.45, 7) is 0. The van der Waals surface area contributed by atoms with E-state index in [1.54, 1.807) is 12.1 Å². The van der Waals surface area contributed by atoms with Crippen LogP contribution in [0.2, 0.25) is 5.02 Å². The van der Waals surface area contributed by atoms with Crippen molar-refractivity contribution in [1.82, 2.24) is 20.4 Å². The highest BCUT2D eigenvalue weighted by Gasteiger charge is 2.20. The lowest BCUT2D eigenvalue weighted by Gasteiger charge is -2.04. The average Bonchev–Trinajstić information content (AvgIpc) is 3.24. The molecule has 1 atom stereocenters. The summed E-state index contributed by atoms with van der Waals surface area (Å²) in [7, 11) is 0. The van der Waals surface area contributed by atoms with Gasteiger partial charge in [-0.25, -0.2) is 30.3 Å². The number of nitrogens with one attached hydrogen (secondary N) is 1. The molecule has 1 aliphatic rings. The van der Waals surface area contributed by atoms with Crippen molar-refractivity contribution < 1.29 is 14.0 Å². The van der Waals surface area contributed by atoms with Gasteiger partial charge in [0.1, 0.15) is 17.5 Å². The number of aromatic nitrogens is 3. The van der Waals surface area contributed by atoms with Crippen LogP contribution in [-0.2, 0) is 9.63 Å². The quantitative estimate of drug-likeness (QED) is 0.730. The van der Waals surface area contributed by atoms with E-state index in [2.05, 4.69) is 25.4 Å². The number of amidine groups is 1. The predicted molar refractivity (Wildman–Crippen MR) is 80.7 cm³/mol. The molecule has 0 fully saturated rings. The molecule has 4 rings (SSSR count). The maximum atomic E-state index is 10.7. The summed E-state index contributed by atoms with van der Waals surface area (Å²) in [4.78, 5) is 32.1. The predicted octanol–water partition coefficient (Wildman–Crippen LogP) is 1.74. The van der Waals surface area contributed by atoms with Gasteiger partial charge in [0.05, 0.1) is 10.7 Å². The van der Waals surface area contributed by atoms with Gasteiger partial charge in [0, 0.05) is 5.56 Å². The van der Waals surface area contributed by atoms with Crippen LogP contribution in [0, 0.1) is 0 Å². The number of hydrogen-bond donors (Lipinski definition) is 1. The number of aldehydes is 1. The molecule has 0 amide bonds. The molecule has 0 aliphatic carbocycles. The van der Waals surface area contributed by atoms with Crippen molar-refractivity contribution in [3.63, 3.8) is 0 Å². The first kappa shape index (κ1) is 13.8. The molecule has 0 spiro atoms. The zero-order chi connectivity index (χ0) is 15.8. The second-order valence-corrected chi connectivity index (χ2v) is 5.08. The molecule has 0 bridgehead atoms. The van der Waals surface area contributed by atoms with Crippen LogP contribution in [0.3, 0.4) is 0 Å². The number of oxazole rings is 1. The van der Waals surface area contributed by atoms with Crippen molar-refractivity contribution in [3.05, 3.63) is 41.6 Å². The van der Waals surface area contributed by atoms with Crippen LogP contribution >= 0.6 is 11.6 Å². The maximum Gasteiger partial charge on any atom is 0.232 e. The van der Waals surface area contributed by atoms with Crippen LogP contribution in [0.5, 0.6) is 0 Å². The van der Waals surface area contributed by atoms with E-state index < -0.39 is 6.23 Å². The minimum atomic E-state index is -0.871. The zero-order valence-electron chi connectivity index (χ0n) is 11.4. The first-order chi connectivity index (χ1) is 11.2. The van der Waals surface area contributed by atoms with Gasteiger partial charge in [-0.1, -0.05) is 11.6 Å². The lowest BCUT2D eigenvalue weighted by atomic mass is 10.1. The highest BCUT2D eigenvalue weighted by molar-refractivity contribution is 6.35. The largest absolute Gasteiger partial charge is 0.442 e. The Bertz CT molecular complexity index is 939. The Morgan fingerprint density at radius 2 is 2.04 bits per heavy atom. The number of halogens is 1. The number of hydroxylamine groups is 1. The van der Waals surface area contributed by atoms with E-state index in [1.165, 1.54) is 12.7 Å². The molecule has 1 N–H and O–H groups in total. The van der Waals surface area contributed by atoms with Gasteiger partial charge in [0.25, 0.3) is 0 Å². The summed E-state index contributed by atoms with van der Waals surface area (Å²) in [5, 5.41) is 0.441.